The van der Waals surface area contributed by atoms with Gasteiger partial charge in [0.05, 0.1) is 0 Å². The molecule has 98 valence electrons. The molecule has 1 fully saturated rings. The molecule has 2 rings (SSSR count). The molecule has 0 radical (unpaired) electrons. The Bertz CT molecular complexity index is 536. The van der Waals surface area contributed by atoms with Gasteiger partial charge in [-0.15, -0.1) is 0 Å². The van der Waals surface area contributed by atoms with E-state index < -0.39 is 13.4 Å². The molecular weight excluding hydrogens is 259 g/mol. The molecule has 0 aliphatic heterocycles. The van der Waals surface area contributed by atoms with Crippen LogP contribution in [-0.2, 0) is 9.36 Å². The van der Waals surface area contributed by atoms with Gasteiger partial charge in [-0.05, 0) is 29.5 Å². The number of carbonyl (C=O) groups is 1. The number of ketones is 1. The van der Waals surface area contributed by atoms with E-state index in [4.69, 9.17) is 4.89 Å². The molecule has 0 aromatic heterocycles. The molecule has 0 bridgehead atoms. The molecule has 4 heteroatoms. The van der Waals surface area contributed by atoms with Crippen molar-refractivity contribution in [3.63, 3.8) is 0 Å². The molecule has 1 aromatic rings. The maximum Gasteiger partial charge on any atom is 0.513 e. The minimum absolute atomic E-state index is 0.107. The van der Waals surface area contributed by atoms with Gasteiger partial charge < -0.3 is 0 Å². The zero-order valence-electron chi connectivity index (χ0n) is 10.6. The lowest BCUT2D eigenvalue weighted by molar-refractivity contribution is -0.130. The summed E-state index contributed by atoms with van der Waals surface area (Å²) >= 11 is 0. The van der Waals surface area contributed by atoms with Crippen LogP contribution in [0, 0.1) is 17.3 Å². The Morgan fingerprint density at radius 1 is 1.32 bits per heavy atom. The summed E-state index contributed by atoms with van der Waals surface area (Å²) in [4.78, 5) is 20.9. The van der Waals surface area contributed by atoms with E-state index in [1.54, 1.807) is 0 Å². The first kappa shape index (κ1) is 13.9. The molecule has 0 amide bonds. The van der Waals surface area contributed by atoms with Gasteiger partial charge in [0.25, 0.3) is 0 Å². The van der Waals surface area contributed by atoms with Gasteiger partial charge in [0.15, 0.2) is 5.78 Å². The smallest absolute Gasteiger partial charge is 0.294 e. The van der Waals surface area contributed by atoms with E-state index in [1.807, 2.05) is 30.3 Å². The fraction of sp³-hybridized carbons (Fsp3) is 0.400. The predicted octanol–water partition coefficient (Wildman–Crippen LogP) is 2.90. The average molecular weight is 275 g/mol. The van der Waals surface area contributed by atoms with E-state index in [-0.39, 0.29) is 11.9 Å². The average Bonchev–Trinajstić information content (AvgIpc) is 2.32. The van der Waals surface area contributed by atoms with Crippen LogP contribution in [-0.4, -0.2) is 16.8 Å². The molecular formula is C15H16O3P+. The minimum atomic E-state index is -2.38. The number of rotatable bonds is 4. The van der Waals surface area contributed by atoms with Crippen LogP contribution in [0.4, 0.5) is 0 Å². The molecule has 19 heavy (non-hydrogen) atoms. The van der Waals surface area contributed by atoms with Crippen LogP contribution in [0.5, 0.6) is 0 Å². The van der Waals surface area contributed by atoms with Gasteiger partial charge in [-0.25, -0.2) is 0 Å². The Kier molecular flexibility index (Phi) is 4.47. The molecule has 0 spiro atoms. The zero-order chi connectivity index (χ0) is 13.7. The topological polar surface area (TPSA) is 54.4 Å². The van der Waals surface area contributed by atoms with Crippen molar-refractivity contribution < 1.29 is 14.3 Å². The normalized spacial score (nSPS) is 16.8. The summed E-state index contributed by atoms with van der Waals surface area (Å²) in [7, 11) is -2.38. The number of hydrogen-bond acceptors (Lipinski definition) is 2. The second-order valence-corrected chi connectivity index (χ2v) is 5.93. The van der Waals surface area contributed by atoms with E-state index in [9.17, 15) is 9.36 Å². The maximum atomic E-state index is 12.0. The lowest BCUT2D eigenvalue weighted by atomic mass is 9.64. The molecule has 1 atom stereocenters. The second-order valence-electron chi connectivity index (χ2n) is 4.91. The molecule has 1 N–H and O–H groups in total. The van der Waals surface area contributed by atoms with Gasteiger partial charge in [-0.1, -0.05) is 36.5 Å². The zero-order valence-corrected chi connectivity index (χ0v) is 11.5. The molecule has 1 aliphatic rings. The number of Topliss-reactive ketones (excluding diaryl/α,β-unsaturated/α-hetero) is 1. The van der Waals surface area contributed by atoms with E-state index in [2.05, 4.69) is 11.8 Å². The third-order valence-electron chi connectivity index (χ3n) is 3.61. The monoisotopic (exact) mass is 275 g/mol. The third kappa shape index (κ3) is 3.50. The Balaban J connectivity index is 2.02. The summed E-state index contributed by atoms with van der Waals surface area (Å²) in [6, 6.07) is 9.62. The summed E-state index contributed by atoms with van der Waals surface area (Å²) in [6.45, 7) is 0. The first-order valence-electron chi connectivity index (χ1n) is 6.33. The summed E-state index contributed by atoms with van der Waals surface area (Å²) in [5, 5.41) is 0. The summed E-state index contributed by atoms with van der Waals surface area (Å²) < 4.78 is 10.8. The van der Waals surface area contributed by atoms with E-state index >= 15 is 0 Å². The molecule has 1 aromatic carbocycles. The quantitative estimate of drug-likeness (QED) is 0.679. The maximum absolute atomic E-state index is 12.0. The molecule has 1 aliphatic carbocycles. The van der Waals surface area contributed by atoms with Crippen LogP contribution in [0.25, 0.3) is 0 Å². The van der Waals surface area contributed by atoms with Crippen molar-refractivity contribution in [2.24, 2.45) is 5.41 Å². The molecule has 0 heterocycles. The van der Waals surface area contributed by atoms with E-state index in [0.29, 0.717) is 6.42 Å². The predicted molar refractivity (Wildman–Crippen MR) is 73.9 cm³/mol. The standard InChI is InChI=1S/C15H15O3P/c16-14(12-19(17)18)15(10-5-11-15)9-4-8-13-6-2-1-3-7-13/h1-3,6-7H,5,9-12H2/p+1. The lowest BCUT2D eigenvalue weighted by Gasteiger charge is -2.37. The van der Waals surface area contributed by atoms with Gasteiger partial charge in [-0.3, -0.25) is 4.79 Å². The molecule has 1 saturated carbocycles. The van der Waals surface area contributed by atoms with Crippen molar-refractivity contribution in [1.29, 1.82) is 0 Å². The first-order valence-corrected chi connectivity index (χ1v) is 7.73. The highest BCUT2D eigenvalue weighted by molar-refractivity contribution is 7.39. The largest absolute Gasteiger partial charge is 0.513 e. The minimum Gasteiger partial charge on any atom is -0.294 e. The number of hydrogen-bond donors (Lipinski definition) is 1. The van der Waals surface area contributed by atoms with Crippen molar-refractivity contribution in [1.82, 2.24) is 0 Å². The van der Waals surface area contributed by atoms with Crippen molar-refractivity contribution in [2.75, 3.05) is 6.16 Å². The fourth-order valence-corrected chi connectivity index (χ4v) is 2.87. The fourth-order valence-electron chi connectivity index (χ4n) is 2.29. The van der Waals surface area contributed by atoms with E-state index in [1.165, 1.54) is 0 Å². The van der Waals surface area contributed by atoms with Crippen molar-refractivity contribution in [3.05, 3.63) is 35.9 Å². The van der Waals surface area contributed by atoms with Gasteiger partial charge >= 0.3 is 8.03 Å². The van der Waals surface area contributed by atoms with Crippen LogP contribution in [0.3, 0.4) is 0 Å². The number of benzene rings is 1. The Morgan fingerprint density at radius 3 is 2.53 bits per heavy atom. The highest BCUT2D eigenvalue weighted by atomic mass is 31.1. The first-order chi connectivity index (χ1) is 9.12. The highest BCUT2D eigenvalue weighted by Gasteiger charge is 2.45. The number of carbonyl (C=O) groups excluding carboxylic acids is 1. The van der Waals surface area contributed by atoms with Crippen LogP contribution in [0.1, 0.15) is 31.2 Å². The van der Waals surface area contributed by atoms with Crippen LogP contribution in [0.2, 0.25) is 0 Å². The Labute approximate surface area is 113 Å². The van der Waals surface area contributed by atoms with Gasteiger partial charge in [0, 0.05) is 17.4 Å². The van der Waals surface area contributed by atoms with Crippen molar-refractivity contribution in [3.8, 4) is 11.8 Å². The molecule has 1 unspecified atom stereocenters. The van der Waals surface area contributed by atoms with Crippen molar-refractivity contribution >= 4 is 13.8 Å². The SMILES string of the molecule is O=C(C[P+](=O)O)C1(CC#Cc2ccccc2)CCC1. The van der Waals surface area contributed by atoms with Crippen LogP contribution < -0.4 is 0 Å². The van der Waals surface area contributed by atoms with Gasteiger partial charge in [-0.2, -0.15) is 4.89 Å². The lowest BCUT2D eigenvalue weighted by Crippen LogP contribution is -2.38. The van der Waals surface area contributed by atoms with Crippen LogP contribution >= 0.6 is 8.03 Å². The van der Waals surface area contributed by atoms with Gasteiger partial charge in [0.2, 0.25) is 6.16 Å². The van der Waals surface area contributed by atoms with Crippen LogP contribution in [0.15, 0.2) is 30.3 Å². The molecule has 3 nitrogen and oxygen atoms in total. The Hall–Kier alpha value is -1.49. The second kappa shape index (κ2) is 6.10. The van der Waals surface area contributed by atoms with E-state index in [0.717, 1.165) is 24.8 Å². The summed E-state index contributed by atoms with van der Waals surface area (Å²) in [6.07, 6.45) is 2.84. The van der Waals surface area contributed by atoms with Gasteiger partial charge in [0.1, 0.15) is 0 Å². The molecule has 0 saturated heterocycles. The summed E-state index contributed by atoms with van der Waals surface area (Å²) in [5.74, 6) is 5.98. The third-order valence-corrected chi connectivity index (χ3v) is 4.17. The highest BCUT2D eigenvalue weighted by Crippen LogP contribution is 2.45. The van der Waals surface area contributed by atoms with Crippen molar-refractivity contribution in [2.45, 2.75) is 25.7 Å². The summed E-state index contributed by atoms with van der Waals surface area (Å²) in [5.41, 5.74) is 0.466. The Morgan fingerprint density at radius 2 is 2.00 bits per heavy atom.